The zero-order chi connectivity index (χ0) is 23.5. The van der Waals surface area contributed by atoms with Gasteiger partial charge in [0.25, 0.3) is 0 Å². The number of carboxylic acid groups (broad SMARTS) is 1. The van der Waals surface area contributed by atoms with Crippen LogP contribution in [0.3, 0.4) is 0 Å². The molecule has 1 atom stereocenters. The third-order valence-electron chi connectivity index (χ3n) is 6.30. The molecule has 0 spiro atoms. The highest BCUT2D eigenvalue weighted by molar-refractivity contribution is 5.84. The fraction of sp³-hybridized carbons (Fsp3) is 0.577. The third-order valence-corrected chi connectivity index (χ3v) is 6.30. The summed E-state index contributed by atoms with van der Waals surface area (Å²) < 4.78 is 5.97. The lowest BCUT2D eigenvalue weighted by Crippen LogP contribution is -2.38. The summed E-state index contributed by atoms with van der Waals surface area (Å²) in [5.74, 6) is 0.327. The molecular weight excluding hydrogens is 402 g/mol. The number of rotatable bonds is 8. The fourth-order valence-corrected chi connectivity index (χ4v) is 4.43. The molecule has 1 aliphatic rings. The Bertz CT molecular complexity index is 928. The molecule has 1 fully saturated rings. The molecule has 2 aromatic rings. The maximum absolute atomic E-state index is 11.7. The number of hydrogen-bond acceptors (Lipinski definition) is 5. The zero-order valence-electron chi connectivity index (χ0n) is 20.3. The molecule has 0 radical (unpaired) electrons. The van der Waals surface area contributed by atoms with Gasteiger partial charge in [-0.05, 0) is 50.5 Å². The Labute approximate surface area is 192 Å². The molecule has 0 amide bonds. The monoisotopic (exact) mass is 439 g/mol. The largest absolute Gasteiger partial charge is 0.481 e. The predicted octanol–water partition coefficient (Wildman–Crippen LogP) is 5.52. The van der Waals surface area contributed by atoms with Gasteiger partial charge in [0.2, 0.25) is 5.88 Å². The number of carboxylic acids is 1. The van der Waals surface area contributed by atoms with Gasteiger partial charge in [0, 0.05) is 53.9 Å². The quantitative estimate of drug-likeness (QED) is 0.584. The number of piperidine rings is 1. The van der Waals surface area contributed by atoms with E-state index < -0.39 is 5.97 Å². The Morgan fingerprint density at radius 2 is 1.84 bits per heavy atom. The lowest BCUT2D eigenvalue weighted by Gasteiger charge is -2.40. The molecule has 3 rings (SSSR count). The number of pyridine rings is 2. The summed E-state index contributed by atoms with van der Waals surface area (Å²) >= 11 is 0. The predicted molar refractivity (Wildman–Crippen MR) is 128 cm³/mol. The molecule has 0 bridgehead atoms. The third kappa shape index (κ3) is 5.99. The van der Waals surface area contributed by atoms with Crippen molar-refractivity contribution < 1.29 is 14.6 Å². The number of carbonyl (C=O) groups is 1. The van der Waals surface area contributed by atoms with Crippen LogP contribution in [0.25, 0.3) is 11.1 Å². The van der Waals surface area contributed by atoms with Crippen LogP contribution in [-0.2, 0) is 11.2 Å². The van der Waals surface area contributed by atoms with Crippen LogP contribution in [0, 0.1) is 18.3 Å². The van der Waals surface area contributed by atoms with E-state index in [1.165, 1.54) is 0 Å². The maximum atomic E-state index is 11.7. The van der Waals surface area contributed by atoms with Crippen LogP contribution in [0.4, 0.5) is 5.69 Å². The topological polar surface area (TPSA) is 75.6 Å². The van der Waals surface area contributed by atoms with E-state index in [1.54, 1.807) is 0 Å². The lowest BCUT2D eigenvalue weighted by atomic mass is 9.82. The summed E-state index contributed by atoms with van der Waals surface area (Å²) in [5.41, 5.74) is 4.71. The van der Waals surface area contributed by atoms with Gasteiger partial charge < -0.3 is 14.7 Å². The molecule has 3 heterocycles. The Morgan fingerprint density at radius 1 is 1.16 bits per heavy atom. The smallest absolute Gasteiger partial charge is 0.307 e. The molecular formula is C26H37N3O3. The van der Waals surface area contributed by atoms with Crippen LogP contribution in [0.5, 0.6) is 5.88 Å². The van der Waals surface area contributed by atoms with Crippen LogP contribution < -0.4 is 9.64 Å². The summed E-state index contributed by atoms with van der Waals surface area (Å²) in [6.07, 6.45) is 6.84. The molecule has 0 aromatic carbocycles. The molecule has 1 unspecified atom stereocenters. The highest BCUT2D eigenvalue weighted by Gasteiger charge is 2.29. The van der Waals surface area contributed by atoms with E-state index in [-0.39, 0.29) is 12.5 Å². The van der Waals surface area contributed by atoms with E-state index in [4.69, 9.17) is 4.74 Å². The number of aryl methyl sites for hydroxylation is 1. The van der Waals surface area contributed by atoms with Crippen molar-refractivity contribution in [1.82, 2.24) is 9.97 Å². The molecule has 32 heavy (non-hydrogen) atoms. The van der Waals surface area contributed by atoms with E-state index >= 15 is 0 Å². The molecule has 6 heteroatoms. The van der Waals surface area contributed by atoms with Gasteiger partial charge in [-0.3, -0.25) is 9.78 Å². The van der Waals surface area contributed by atoms with Gasteiger partial charge in [-0.1, -0.05) is 27.7 Å². The average Bonchev–Trinajstić information content (AvgIpc) is 2.69. The Morgan fingerprint density at radius 3 is 2.41 bits per heavy atom. The van der Waals surface area contributed by atoms with Gasteiger partial charge in [0.05, 0.1) is 18.2 Å². The first kappa shape index (κ1) is 24.0. The molecule has 6 nitrogen and oxygen atoms in total. The minimum Gasteiger partial charge on any atom is -0.481 e. The highest BCUT2D eigenvalue weighted by Crippen LogP contribution is 2.39. The van der Waals surface area contributed by atoms with Gasteiger partial charge in [-0.2, -0.15) is 0 Å². The zero-order valence-corrected chi connectivity index (χ0v) is 20.3. The van der Waals surface area contributed by atoms with Crippen molar-refractivity contribution in [2.45, 2.75) is 73.3 Å². The van der Waals surface area contributed by atoms with E-state index in [1.807, 2.05) is 31.5 Å². The molecule has 1 saturated heterocycles. The summed E-state index contributed by atoms with van der Waals surface area (Å²) in [6, 6.07) is 3.89. The van der Waals surface area contributed by atoms with Crippen molar-refractivity contribution in [3.8, 4) is 17.0 Å². The number of anilines is 1. The summed E-state index contributed by atoms with van der Waals surface area (Å²) in [6.45, 7) is 14.7. The minimum atomic E-state index is -0.841. The highest BCUT2D eigenvalue weighted by atomic mass is 16.5. The number of aromatic nitrogens is 2. The maximum Gasteiger partial charge on any atom is 0.307 e. The van der Waals surface area contributed by atoms with Crippen LogP contribution in [0.1, 0.15) is 65.1 Å². The van der Waals surface area contributed by atoms with Crippen molar-refractivity contribution in [3.05, 3.63) is 35.8 Å². The number of hydrogen-bond donors (Lipinski definition) is 1. The normalized spacial score (nSPS) is 16.8. The van der Waals surface area contributed by atoms with Crippen molar-refractivity contribution in [3.63, 3.8) is 0 Å². The Hall–Kier alpha value is -2.63. The molecule has 174 valence electrons. The van der Waals surface area contributed by atoms with Crippen LogP contribution in [0.15, 0.2) is 24.5 Å². The molecule has 0 saturated carbocycles. The van der Waals surface area contributed by atoms with Crippen molar-refractivity contribution in [1.29, 1.82) is 0 Å². The van der Waals surface area contributed by atoms with Gasteiger partial charge in [0.15, 0.2) is 0 Å². The second-order valence-electron chi connectivity index (χ2n) is 10.2. The van der Waals surface area contributed by atoms with Crippen molar-refractivity contribution >= 4 is 11.7 Å². The van der Waals surface area contributed by atoms with Gasteiger partial charge >= 0.3 is 5.97 Å². The second kappa shape index (κ2) is 9.88. The number of aliphatic carboxylic acids is 1. The molecule has 1 aliphatic heterocycles. The standard InChI is InChI=1S/C26H37N3O3/c1-17(2)13-18(3)32-23-8-7-20(15-28-23)22-16-27-19(4)21(14-24(30)31)25(22)29-11-9-26(5,6)10-12-29/h7-8,15-18H,9-14H2,1-6H3,(H,30,31). The van der Waals surface area contributed by atoms with Crippen LogP contribution in [0.2, 0.25) is 0 Å². The Balaban J connectivity index is 1.96. The van der Waals surface area contributed by atoms with Crippen molar-refractivity contribution in [2.75, 3.05) is 18.0 Å². The number of ether oxygens (including phenoxy) is 1. The fourth-order valence-electron chi connectivity index (χ4n) is 4.43. The van der Waals surface area contributed by atoms with E-state index in [9.17, 15) is 9.90 Å². The van der Waals surface area contributed by atoms with Crippen LogP contribution in [-0.4, -0.2) is 40.2 Å². The van der Waals surface area contributed by atoms with Gasteiger partial charge in [0.1, 0.15) is 0 Å². The summed E-state index contributed by atoms with van der Waals surface area (Å²) in [7, 11) is 0. The minimum absolute atomic E-state index is 0.0385. The molecule has 1 N–H and O–H groups in total. The first-order chi connectivity index (χ1) is 15.1. The summed E-state index contributed by atoms with van der Waals surface area (Å²) in [4.78, 5) is 23.1. The first-order valence-electron chi connectivity index (χ1n) is 11.6. The Kier molecular flexibility index (Phi) is 7.42. The first-order valence-corrected chi connectivity index (χ1v) is 11.6. The SMILES string of the molecule is Cc1ncc(-c2ccc(OC(C)CC(C)C)nc2)c(N2CCC(C)(C)CC2)c1CC(=O)O. The van der Waals surface area contributed by atoms with Crippen molar-refractivity contribution in [2.24, 2.45) is 11.3 Å². The average molecular weight is 440 g/mol. The van der Waals surface area contributed by atoms with Gasteiger partial charge in [-0.15, -0.1) is 0 Å². The molecule has 2 aromatic heterocycles. The lowest BCUT2D eigenvalue weighted by molar-refractivity contribution is -0.136. The van der Waals surface area contributed by atoms with E-state index in [0.29, 0.717) is 17.2 Å². The van der Waals surface area contributed by atoms with E-state index in [2.05, 4.69) is 49.5 Å². The second-order valence-corrected chi connectivity index (χ2v) is 10.2. The number of nitrogens with zero attached hydrogens (tertiary/aromatic N) is 3. The van der Waals surface area contributed by atoms with Crippen LogP contribution >= 0.6 is 0 Å². The van der Waals surface area contributed by atoms with E-state index in [0.717, 1.165) is 60.4 Å². The van der Waals surface area contributed by atoms with Gasteiger partial charge in [-0.25, -0.2) is 4.98 Å². The molecule has 0 aliphatic carbocycles. The summed E-state index contributed by atoms with van der Waals surface area (Å²) in [5, 5.41) is 9.57.